The molecule has 1 aromatic carbocycles. The van der Waals surface area contributed by atoms with Crippen LogP contribution in [0.25, 0.3) is 0 Å². The number of carbonyl (C=O) groups is 3. The van der Waals surface area contributed by atoms with Gasteiger partial charge in [0.05, 0.1) is 6.54 Å². The smallest absolute Gasteiger partial charge is 0.411 e. The Balaban J connectivity index is 1.99. The molecule has 2 rings (SSSR count). The van der Waals surface area contributed by atoms with E-state index in [2.05, 4.69) is 0 Å². The molecule has 1 atom stereocenters. The number of carbonyl (C=O) groups excluding carboxylic acids is 3. The molecule has 0 radical (unpaired) electrons. The first-order valence-electron chi connectivity index (χ1n) is 7.48. The minimum Gasteiger partial charge on any atom is -0.458 e. The van der Waals surface area contributed by atoms with E-state index in [1.807, 2.05) is 30.3 Å². The van der Waals surface area contributed by atoms with Crippen LogP contribution in [0.2, 0.25) is 0 Å². The maximum absolute atomic E-state index is 12.2. The third-order valence-electron chi connectivity index (χ3n) is 3.26. The molecule has 124 valence electrons. The summed E-state index contributed by atoms with van der Waals surface area (Å²) in [5.41, 5.74) is 0.155. The fourth-order valence-corrected chi connectivity index (χ4v) is 2.26. The zero-order valence-electron chi connectivity index (χ0n) is 13.6. The average Bonchev–Trinajstić information content (AvgIpc) is 2.86. The van der Waals surface area contributed by atoms with Crippen LogP contribution in [0.1, 0.15) is 32.8 Å². The van der Waals surface area contributed by atoms with Crippen molar-refractivity contribution in [2.75, 3.05) is 6.54 Å². The van der Waals surface area contributed by atoms with E-state index in [9.17, 15) is 14.4 Å². The zero-order valence-corrected chi connectivity index (χ0v) is 13.6. The Morgan fingerprint density at radius 2 is 1.87 bits per heavy atom. The summed E-state index contributed by atoms with van der Waals surface area (Å²) in [7, 11) is 0. The van der Waals surface area contributed by atoms with Crippen molar-refractivity contribution >= 4 is 17.8 Å². The van der Waals surface area contributed by atoms with Gasteiger partial charge in [0.2, 0.25) is 0 Å². The summed E-state index contributed by atoms with van der Waals surface area (Å²) in [6.07, 6.45) is -0.717. The molecular weight excluding hydrogens is 298 g/mol. The van der Waals surface area contributed by atoms with Gasteiger partial charge in [-0.2, -0.15) is 0 Å². The highest BCUT2D eigenvalue weighted by Crippen LogP contribution is 2.20. The van der Waals surface area contributed by atoms with Gasteiger partial charge in [0, 0.05) is 6.42 Å². The number of ether oxygens (including phenoxy) is 2. The summed E-state index contributed by atoms with van der Waals surface area (Å²) in [4.78, 5) is 37.2. The van der Waals surface area contributed by atoms with E-state index < -0.39 is 23.7 Å². The van der Waals surface area contributed by atoms with Crippen LogP contribution in [-0.2, 0) is 25.7 Å². The third-order valence-corrected chi connectivity index (χ3v) is 3.26. The zero-order chi connectivity index (χ0) is 17.0. The first-order valence-corrected chi connectivity index (χ1v) is 7.48. The van der Waals surface area contributed by atoms with E-state index in [0.29, 0.717) is 0 Å². The van der Waals surface area contributed by atoms with Gasteiger partial charge < -0.3 is 9.47 Å². The predicted octanol–water partition coefficient (Wildman–Crippen LogP) is 2.31. The molecule has 1 saturated heterocycles. The highest BCUT2D eigenvalue weighted by Gasteiger charge is 2.41. The molecule has 0 aromatic heterocycles. The third kappa shape index (κ3) is 4.81. The van der Waals surface area contributed by atoms with E-state index >= 15 is 0 Å². The second kappa shape index (κ2) is 6.81. The number of Topliss-reactive ketones (excluding diaryl/α,β-unsaturated/α-hetero) is 1. The minimum absolute atomic E-state index is 0.0324. The second-order valence-corrected chi connectivity index (χ2v) is 6.46. The summed E-state index contributed by atoms with van der Waals surface area (Å²) >= 11 is 0. The van der Waals surface area contributed by atoms with Crippen LogP contribution in [0, 0.1) is 0 Å². The molecule has 0 aliphatic carbocycles. The molecule has 0 N–H and O–H groups in total. The van der Waals surface area contributed by atoms with Crippen molar-refractivity contribution in [1.82, 2.24) is 4.90 Å². The molecule has 0 saturated carbocycles. The average molecular weight is 319 g/mol. The standard InChI is InChI=1S/C17H21NO5/c1-17(2,3)23-15(20)14-9-13(19)10-18(14)16(21)22-11-12-7-5-4-6-8-12/h4-8,14H,9-11H2,1-3H3/t14-/m0/s1. The number of rotatable bonds is 3. The summed E-state index contributed by atoms with van der Waals surface area (Å²) in [6.45, 7) is 5.17. The highest BCUT2D eigenvalue weighted by molar-refractivity contribution is 5.95. The predicted molar refractivity (Wildman–Crippen MR) is 82.6 cm³/mol. The maximum Gasteiger partial charge on any atom is 0.411 e. The van der Waals surface area contributed by atoms with Gasteiger partial charge in [-0.25, -0.2) is 9.59 Å². The largest absolute Gasteiger partial charge is 0.458 e. The van der Waals surface area contributed by atoms with Crippen LogP contribution in [0.15, 0.2) is 30.3 Å². The van der Waals surface area contributed by atoms with Crippen molar-refractivity contribution in [3.8, 4) is 0 Å². The minimum atomic E-state index is -0.912. The molecule has 1 fully saturated rings. The molecule has 0 spiro atoms. The number of hydrogen-bond donors (Lipinski definition) is 0. The fourth-order valence-electron chi connectivity index (χ4n) is 2.26. The molecule has 1 amide bonds. The van der Waals surface area contributed by atoms with Gasteiger partial charge in [0.1, 0.15) is 18.2 Å². The molecule has 6 heteroatoms. The number of likely N-dealkylation sites (tertiary alicyclic amines) is 1. The maximum atomic E-state index is 12.2. The van der Waals surface area contributed by atoms with Crippen molar-refractivity contribution in [2.24, 2.45) is 0 Å². The molecule has 1 aliphatic rings. The lowest BCUT2D eigenvalue weighted by atomic mass is 10.1. The van der Waals surface area contributed by atoms with Gasteiger partial charge >= 0.3 is 12.1 Å². The van der Waals surface area contributed by atoms with Crippen LogP contribution in [0.5, 0.6) is 0 Å². The Hall–Kier alpha value is -2.37. The molecule has 0 bridgehead atoms. The van der Waals surface area contributed by atoms with Crippen molar-refractivity contribution in [3.05, 3.63) is 35.9 Å². The number of nitrogens with zero attached hydrogens (tertiary/aromatic N) is 1. The lowest BCUT2D eigenvalue weighted by molar-refractivity contribution is -0.160. The van der Waals surface area contributed by atoms with Gasteiger partial charge in [-0.1, -0.05) is 30.3 Å². The molecule has 23 heavy (non-hydrogen) atoms. The number of amides is 1. The van der Waals surface area contributed by atoms with Crippen molar-refractivity contribution in [3.63, 3.8) is 0 Å². The second-order valence-electron chi connectivity index (χ2n) is 6.46. The molecule has 6 nitrogen and oxygen atoms in total. The Labute approximate surface area is 135 Å². The van der Waals surface area contributed by atoms with Crippen LogP contribution >= 0.6 is 0 Å². The monoisotopic (exact) mass is 319 g/mol. The molecule has 0 unspecified atom stereocenters. The van der Waals surface area contributed by atoms with Crippen molar-refractivity contribution in [2.45, 2.75) is 45.4 Å². The van der Waals surface area contributed by atoms with Gasteiger partial charge in [0.15, 0.2) is 5.78 Å². The van der Waals surface area contributed by atoms with Gasteiger partial charge in [-0.15, -0.1) is 0 Å². The number of esters is 1. The molecule has 1 aliphatic heterocycles. The fraction of sp³-hybridized carbons (Fsp3) is 0.471. The van der Waals surface area contributed by atoms with Gasteiger partial charge in [-0.05, 0) is 26.3 Å². The lowest BCUT2D eigenvalue weighted by Crippen LogP contribution is -2.43. The van der Waals surface area contributed by atoms with Crippen LogP contribution < -0.4 is 0 Å². The summed E-state index contributed by atoms with van der Waals surface area (Å²) in [5.74, 6) is -0.766. The Morgan fingerprint density at radius 3 is 2.48 bits per heavy atom. The normalized spacial score (nSPS) is 18.0. The Morgan fingerprint density at radius 1 is 1.22 bits per heavy atom. The van der Waals surface area contributed by atoms with Gasteiger partial charge in [0.25, 0.3) is 0 Å². The molecule has 1 aromatic rings. The van der Waals surface area contributed by atoms with E-state index in [0.717, 1.165) is 10.5 Å². The molecular formula is C17H21NO5. The van der Waals surface area contributed by atoms with E-state index in [1.165, 1.54) is 0 Å². The van der Waals surface area contributed by atoms with Crippen LogP contribution in [0.3, 0.4) is 0 Å². The van der Waals surface area contributed by atoms with Crippen molar-refractivity contribution < 1.29 is 23.9 Å². The van der Waals surface area contributed by atoms with Crippen LogP contribution in [0.4, 0.5) is 4.79 Å². The molecule has 1 heterocycles. The first-order chi connectivity index (χ1) is 10.8. The Kier molecular flexibility index (Phi) is 5.03. The quantitative estimate of drug-likeness (QED) is 0.799. The summed E-state index contributed by atoms with van der Waals surface area (Å²) in [5, 5.41) is 0. The van der Waals surface area contributed by atoms with E-state index in [-0.39, 0.29) is 25.4 Å². The number of benzene rings is 1. The first kappa shape index (κ1) is 17.0. The summed E-state index contributed by atoms with van der Waals surface area (Å²) < 4.78 is 10.5. The number of ketones is 1. The summed E-state index contributed by atoms with van der Waals surface area (Å²) in [6, 6.07) is 8.29. The topological polar surface area (TPSA) is 72.9 Å². The SMILES string of the molecule is CC(C)(C)OC(=O)[C@@H]1CC(=O)CN1C(=O)OCc1ccccc1. The van der Waals surface area contributed by atoms with Crippen molar-refractivity contribution in [1.29, 1.82) is 0 Å². The van der Waals surface area contributed by atoms with E-state index in [4.69, 9.17) is 9.47 Å². The van der Waals surface area contributed by atoms with E-state index in [1.54, 1.807) is 20.8 Å². The number of hydrogen-bond acceptors (Lipinski definition) is 5. The highest BCUT2D eigenvalue weighted by atomic mass is 16.6. The van der Waals surface area contributed by atoms with Crippen LogP contribution in [-0.4, -0.2) is 40.9 Å². The Bertz CT molecular complexity index is 591. The lowest BCUT2D eigenvalue weighted by Gasteiger charge is -2.26. The van der Waals surface area contributed by atoms with Gasteiger partial charge in [-0.3, -0.25) is 9.69 Å².